The maximum atomic E-state index is 9.46. The molecule has 0 atom stereocenters. The lowest BCUT2D eigenvalue weighted by molar-refractivity contribution is 0.242. The maximum Gasteiger partial charge on any atom is 0.211 e. The summed E-state index contributed by atoms with van der Waals surface area (Å²) < 4.78 is 5.62. The van der Waals surface area contributed by atoms with E-state index in [1.807, 2.05) is 19.9 Å². The van der Waals surface area contributed by atoms with Crippen LogP contribution < -0.4 is 4.74 Å². The predicted octanol–water partition coefficient (Wildman–Crippen LogP) is 3.57. The standard InChI is InChI=1S/C19H16N4O2/c1-12(2)25-17-4-3-14(7-15(17)9-20)19-22-10-16(11-23-19)13-5-6-21-18(24)8-13/h3-8,10-12H,1-2H3,(H,21,24). The van der Waals surface area contributed by atoms with Gasteiger partial charge in [-0.2, -0.15) is 5.26 Å². The molecule has 3 rings (SSSR count). The summed E-state index contributed by atoms with van der Waals surface area (Å²) >= 11 is 0. The highest BCUT2D eigenvalue weighted by molar-refractivity contribution is 5.65. The number of ether oxygens (including phenoxy) is 1. The summed E-state index contributed by atoms with van der Waals surface area (Å²) in [7, 11) is 0. The molecule has 0 radical (unpaired) electrons. The molecular formula is C19H16N4O2. The molecule has 2 aromatic heterocycles. The molecule has 0 saturated heterocycles. The highest BCUT2D eigenvalue weighted by atomic mass is 16.5. The molecule has 0 aliphatic carbocycles. The van der Waals surface area contributed by atoms with Crippen molar-refractivity contribution in [3.05, 3.63) is 54.5 Å². The summed E-state index contributed by atoms with van der Waals surface area (Å²) in [6.45, 7) is 3.82. The Morgan fingerprint density at radius 2 is 1.76 bits per heavy atom. The van der Waals surface area contributed by atoms with E-state index in [-0.39, 0.29) is 12.0 Å². The minimum atomic E-state index is -0.0546. The lowest BCUT2D eigenvalue weighted by Crippen LogP contribution is -2.06. The van der Waals surface area contributed by atoms with Gasteiger partial charge in [-0.15, -0.1) is 0 Å². The molecule has 1 aromatic carbocycles. The van der Waals surface area contributed by atoms with Gasteiger partial charge in [0, 0.05) is 35.8 Å². The van der Waals surface area contributed by atoms with Gasteiger partial charge in [-0.05, 0) is 43.7 Å². The van der Waals surface area contributed by atoms with Crippen molar-refractivity contribution < 1.29 is 9.84 Å². The zero-order chi connectivity index (χ0) is 17.8. The Labute approximate surface area is 145 Å². The van der Waals surface area contributed by atoms with Gasteiger partial charge in [-0.3, -0.25) is 0 Å². The average molecular weight is 332 g/mol. The normalized spacial score (nSPS) is 10.5. The van der Waals surface area contributed by atoms with Crippen LogP contribution in [0, 0.1) is 11.3 Å². The van der Waals surface area contributed by atoms with Gasteiger partial charge in [0.15, 0.2) is 5.82 Å². The second-order valence-corrected chi connectivity index (χ2v) is 5.69. The van der Waals surface area contributed by atoms with Crippen LogP contribution in [0.4, 0.5) is 0 Å². The summed E-state index contributed by atoms with van der Waals surface area (Å²) in [5.74, 6) is 1.00. The number of nitrogens with zero attached hydrogens (tertiary/aromatic N) is 4. The fourth-order valence-corrected chi connectivity index (χ4v) is 2.34. The Balaban J connectivity index is 1.91. The zero-order valence-electron chi connectivity index (χ0n) is 13.8. The lowest BCUT2D eigenvalue weighted by Gasteiger charge is -2.12. The molecule has 124 valence electrons. The van der Waals surface area contributed by atoms with Crippen LogP contribution in [0.5, 0.6) is 11.6 Å². The topological polar surface area (TPSA) is 91.9 Å². The lowest BCUT2D eigenvalue weighted by atomic mass is 10.1. The molecule has 0 amide bonds. The van der Waals surface area contributed by atoms with Crippen LogP contribution in [-0.4, -0.2) is 26.2 Å². The molecule has 0 fully saturated rings. The number of hydrogen-bond donors (Lipinski definition) is 1. The van der Waals surface area contributed by atoms with Gasteiger partial charge in [0.25, 0.3) is 0 Å². The van der Waals surface area contributed by atoms with Crippen molar-refractivity contribution in [2.45, 2.75) is 20.0 Å². The Hall–Kier alpha value is -3.46. The van der Waals surface area contributed by atoms with E-state index < -0.39 is 0 Å². The van der Waals surface area contributed by atoms with Gasteiger partial charge < -0.3 is 9.84 Å². The number of rotatable bonds is 4. The van der Waals surface area contributed by atoms with Crippen LogP contribution >= 0.6 is 0 Å². The Bertz CT molecular complexity index is 931. The van der Waals surface area contributed by atoms with Gasteiger partial charge in [-0.25, -0.2) is 15.0 Å². The third kappa shape index (κ3) is 3.72. The molecule has 6 nitrogen and oxygen atoms in total. The fraction of sp³-hybridized carbons (Fsp3) is 0.158. The van der Waals surface area contributed by atoms with E-state index in [1.54, 1.807) is 36.7 Å². The number of benzene rings is 1. The van der Waals surface area contributed by atoms with Crippen molar-refractivity contribution in [1.82, 2.24) is 15.0 Å². The molecule has 0 aliphatic heterocycles. The highest BCUT2D eigenvalue weighted by Crippen LogP contribution is 2.26. The molecule has 0 saturated carbocycles. The van der Waals surface area contributed by atoms with Gasteiger partial charge in [-0.1, -0.05) is 0 Å². The molecule has 0 bridgehead atoms. The molecule has 3 aromatic rings. The number of hydrogen-bond acceptors (Lipinski definition) is 6. The average Bonchev–Trinajstić information content (AvgIpc) is 2.62. The van der Waals surface area contributed by atoms with Gasteiger partial charge in [0.1, 0.15) is 11.8 Å². The van der Waals surface area contributed by atoms with Crippen LogP contribution in [0.3, 0.4) is 0 Å². The zero-order valence-corrected chi connectivity index (χ0v) is 13.8. The highest BCUT2D eigenvalue weighted by Gasteiger charge is 2.10. The molecule has 25 heavy (non-hydrogen) atoms. The van der Waals surface area contributed by atoms with Gasteiger partial charge in [0.2, 0.25) is 5.88 Å². The minimum Gasteiger partial charge on any atom is -0.493 e. The van der Waals surface area contributed by atoms with Crippen molar-refractivity contribution in [2.75, 3.05) is 0 Å². The van der Waals surface area contributed by atoms with Crippen LogP contribution in [0.1, 0.15) is 19.4 Å². The molecule has 2 heterocycles. The van der Waals surface area contributed by atoms with E-state index in [1.165, 1.54) is 6.20 Å². The number of pyridine rings is 1. The van der Waals surface area contributed by atoms with Crippen molar-refractivity contribution in [3.8, 4) is 40.2 Å². The van der Waals surface area contributed by atoms with E-state index in [9.17, 15) is 10.4 Å². The predicted molar refractivity (Wildman–Crippen MR) is 92.8 cm³/mol. The van der Waals surface area contributed by atoms with E-state index in [4.69, 9.17) is 4.74 Å². The van der Waals surface area contributed by atoms with Crippen LogP contribution in [0.15, 0.2) is 48.9 Å². The Kier molecular flexibility index (Phi) is 4.57. The first-order valence-corrected chi connectivity index (χ1v) is 7.75. The van der Waals surface area contributed by atoms with Crippen molar-refractivity contribution in [1.29, 1.82) is 5.26 Å². The minimum absolute atomic E-state index is 0.00902. The monoisotopic (exact) mass is 332 g/mol. The SMILES string of the molecule is CC(C)Oc1ccc(-c2ncc(-c3ccnc(O)c3)cn2)cc1C#N. The Morgan fingerprint density at radius 1 is 1.00 bits per heavy atom. The molecule has 0 unspecified atom stereocenters. The van der Waals surface area contributed by atoms with Gasteiger partial charge in [0.05, 0.1) is 11.7 Å². The molecule has 0 spiro atoms. The summed E-state index contributed by atoms with van der Waals surface area (Å²) in [6.07, 6.45) is 4.85. The number of aromatic hydroxyl groups is 1. The molecule has 0 aliphatic rings. The summed E-state index contributed by atoms with van der Waals surface area (Å²) in [5, 5.41) is 18.8. The summed E-state index contributed by atoms with van der Waals surface area (Å²) in [4.78, 5) is 12.5. The van der Waals surface area contributed by atoms with Crippen LogP contribution in [0.2, 0.25) is 0 Å². The quantitative estimate of drug-likeness (QED) is 0.785. The first-order chi connectivity index (χ1) is 12.1. The number of aromatic nitrogens is 3. The number of nitriles is 1. The van der Waals surface area contributed by atoms with E-state index >= 15 is 0 Å². The maximum absolute atomic E-state index is 9.46. The van der Waals surface area contributed by atoms with E-state index in [2.05, 4.69) is 21.0 Å². The van der Waals surface area contributed by atoms with Crippen LogP contribution in [0.25, 0.3) is 22.5 Å². The first kappa shape index (κ1) is 16.4. The largest absolute Gasteiger partial charge is 0.493 e. The third-order valence-electron chi connectivity index (χ3n) is 3.45. The second-order valence-electron chi connectivity index (χ2n) is 5.69. The molecule has 6 heteroatoms. The molecule has 1 N–H and O–H groups in total. The third-order valence-corrected chi connectivity index (χ3v) is 3.45. The van der Waals surface area contributed by atoms with Crippen molar-refractivity contribution >= 4 is 0 Å². The summed E-state index contributed by atoms with van der Waals surface area (Å²) in [5.41, 5.74) is 2.72. The van der Waals surface area contributed by atoms with Crippen LogP contribution in [-0.2, 0) is 0 Å². The first-order valence-electron chi connectivity index (χ1n) is 7.75. The van der Waals surface area contributed by atoms with E-state index in [0.29, 0.717) is 17.1 Å². The smallest absolute Gasteiger partial charge is 0.211 e. The van der Waals surface area contributed by atoms with Crippen molar-refractivity contribution in [2.24, 2.45) is 0 Å². The second kappa shape index (κ2) is 6.97. The summed E-state index contributed by atoms with van der Waals surface area (Å²) in [6, 6.07) is 10.7. The molecular weight excluding hydrogens is 316 g/mol. The van der Waals surface area contributed by atoms with E-state index in [0.717, 1.165) is 16.7 Å². The Morgan fingerprint density at radius 3 is 2.40 bits per heavy atom. The fourth-order valence-electron chi connectivity index (χ4n) is 2.34. The van der Waals surface area contributed by atoms with Crippen molar-refractivity contribution in [3.63, 3.8) is 0 Å². The van der Waals surface area contributed by atoms with Gasteiger partial charge >= 0.3 is 0 Å².